The van der Waals surface area contributed by atoms with Crippen LogP contribution in [0.25, 0.3) is 0 Å². The summed E-state index contributed by atoms with van der Waals surface area (Å²) >= 11 is 1.60. The second kappa shape index (κ2) is 12.3. The van der Waals surface area contributed by atoms with Crippen molar-refractivity contribution in [3.8, 4) is 0 Å². The van der Waals surface area contributed by atoms with Gasteiger partial charge in [-0.3, -0.25) is 14.4 Å². The highest BCUT2D eigenvalue weighted by atomic mass is 32.2. The maximum absolute atomic E-state index is 14.9. The average molecular weight is 609 g/mol. The average Bonchev–Trinajstić information content (AvgIpc) is 3.27. The van der Waals surface area contributed by atoms with Gasteiger partial charge < -0.3 is 24.7 Å². The summed E-state index contributed by atoms with van der Waals surface area (Å²) in [7, 11) is 0. The molecule has 9 heteroatoms. The van der Waals surface area contributed by atoms with Crippen LogP contribution < -0.4 is 9.80 Å². The number of amides is 3. The van der Waals surface area contributed by atoms with Gasteiger partial charge in [-0.25, -0.2) is 0 Å². The summed E-state index contributed by atoms with van der Waals surface area (Å²) < 4.78 is -1.57. The molecule has 0 aliphatic carbocycles. The summed E-state index contributed by atoms with van der Waals surface area (Å²) in [6.45, 7) is 15.5. The zero-order chi connectivity index (χ0) is 31.1. The summed E-state index contributed by atoms with van der Waals surface area (Å²) in [5.41, 5.74) is 1.87. The van der Waals surface area contributed by atoms with Crippen LogP contribution in [0.4, 0.5) is 11.4 Å². The maximum atomic E-state index is 14.9. The molecule has 234 valence electrons. The molecule has 0 aromatic heterocycles. The number of fused-ring (bicyclic) bond motifs is 2. The van der Waals surface area contributed by atoms with Crippen LogP contribution in [0.5, 0.6) is 0 Å². The zero-order valence-electron chi connectivity index (χ0n) is 26.5. The topological polar surface area (TPSA) is 84.4 Å². The van der Waals surface area contributed by atoms with Crippen molar-refractivity contribution in [2.75, 3.05) is 49.1 Å². The van der Waals surface area contributed by atoms with Crippen LogP contribution in [-0.4, -0.2) is 93.5 Å². The normalized spacial score (nSPS) is 31.5. The number of aliphatic hydroxyl groups is 1. The number of hydrogen-bond donors (Lipinski definition) is 1. The maximum Gasteiger partial charge on any atom is 0.251 e. The van der Waals surface area contributed by atoms with Crippen molar-refractivity contribution in [2.45, 2.75) is 76.0 Å². The lowest BCUT2D eigenvalue weighted by molar-refractivity contribution is -0.146. The monoisotopic (exact) mass is 608 g/mol. The van der Waals surface area contributed by atoms with Gasteiger partial charge in [-0.1, -0.05) is 51.5 Å². The van der Waals surface area contributed by atoms with Crippen LogP contribution in [0, 0.1) is 17.8 Å². The minimum absolute atomic E-state index is 0.0179. The van der Waals surface area contributed by atoms with Crippen molar-refractivity contribution in [3.05, 3.63) is 48.6 Å². The molecule has 43 heavy (non-hydrogen) atoms. The number of aliphatic hydroxyl groups excluding tert-OH is 1. The molecule has 1 unspecified atom stereocenters. The van der Waals surface area contributed by atoms with Crippen LogP contribution in [0.1, 0.15) is 54.4 Å². The van der Waals surface area contributed by atoms with Crippen LogP contribution in [-0.2, 0) is 14.4 Å². The molecule has 1 N–H and O–H groups in total. The standard InChI is InChI=1S/C34H48N4O4S/c1-7-19-36-20-11-17-33(6)27(30(36)40)28-31(41)38(26(22-39)23(5)8-2)29-32(42)37(21-12-18-34(28,29)43-33)25-15-13-24(14-16-25)35(9-3)10-4/h11-18,23,26-29,39H,7-10,19-22H2,1-6H3/t23-,26-,27-,28-,29?,33+,34-/m0/s1. The van der Waals surface area contributed by atoms with E-state index in [-0.39, 0.29) is 30.2 Å². The van der Waals surface area contributed by atoms with Gasteiger partial charge in [0.05, 0.1) is 29.2 Å². The van der Waals surface area contributed by atoms with Crippen LogP contribution in [0.15, 0.2) is 48.6 Å². The van der Waals surface area contributed by atoms with Crippen molar-refractivity contribution in [1.29, 1.82) is 0 Å². The molecule has 1 spiro atoms. The number of carbonyl (C=O) groups is 3. The van der Waals surface area contributed by atoms with Gasteiger partial charge >= 0.3 is 0 Å². The molecule has 4 aliphatic rings. The van der Waals surface area contributed by atoms with Gasteiger partial charge in [0.15, 0.2) is 0 Å². The van der Waals surface area contributed by atoms with Gasteiger partial charge in [0, 0.05) is 48.8 Å². The van der Waals surface area contributed by atoms with Gasteiger partial charge in [0.2, 0.25) is 11.8 Å². The Bertz CT molecular complexity index is 1280. The lowest BCUT2D eigenvalue weighted by atomic mass is 9.74. The fourth-order valence-electron chi connectivity index (χ4n) is 7.82. The Morgan fingerprint density at radius 1 is 0.953 bits per heavy atom. The van der Waals surface area contributed by atoms with E-state index in [0.717, 1.165) is 37.3 Å². The second-order valence-corrected chi connectivity index (χ2v) is 14.4. The van der Waals surface area contributed by atoms with Crippen molar-refractivity contribution < 1.29 is 19.5 Å². The van der Waals surface area contributed by atoms with E-state index < -0.39 is 33.4 Å². The van der Waals surface area contributed by atoms with Crippen molar-refractivity contribution in [2.24, 2.45) is 17.8 Å². The van der Waals surface area contributed by atoms with Gasteiger partial charge in [-0.15, -0.1) is 11.8 Å². The predicted molar refractivity (Wildman–Crippen MR) is 174 cm³/mol. The SMILES string of the molecule is CCCN1CC=C[C@@]2(C)S[C@]34C=CCN(c5ccc(N(CC)CC)cc5)C(=O)C3N([C@@H](CO)[C@@H](C)CC)C(=O)[C@@H]4[C@H]2C1=O. The number of anilines is 2. The summed E-state index contributed by atoms with van der Waals surface area (Å²) in [5.74, 6) is -1.70. The number of benzene rings is 1. The summed E-state index contributed by atoms with van der Waals surface area (Å²) in [6.07, 6.45) is 9.80. The first-order chi connectivity index (χ1) is 20.6. The molecule has 4 heterocycles. The first-order valence-electron chi connectivity index (χ1n) is 16.1. The van der Waals surface area contributed by atoms with E-state index in [4.69, 9.17) is 0 Å². The first kappa shape index (κ1) is 31.6. The Labute approximate surface area is 261 Å². The summed E-state index contributed by atoms with van der Waals surface area (Å²) in [5, 5.41) is 10.7. The molecule has 8 nitrogen and oxygen atoms in total. The lowest BCUT2D eigenvalue weighted by Gasteiger charge is -2.41. The lowest BCUT2D eigenvalue weighted by Crippen LogP contribution is -2.58. The minimum atomic E-state index is -0.931. The molecule has 2 fully saturated rings. The molecule has 0 saturated carbocycles. The number of likely N-dealkylation sites (tertiary alicyclic amines) is 1. The van der Waals surface area contributed by atoms with E-state index in [1.54, 1.807) is 21.6 Å². The molecule has 0 radical (unpaired) electrons. The third-order valence-corrected chi connectivity index (χ3v) is 12.0. The van der Waals surface area contributed by atoms with E-state index in [2.05, 4.69) is 50.8 Å². The van der Waals surface area contributed by atoms with Crippen LogP contribution >= 0.6 is 11.8 Å². The summed E-state index contributed by atoms with van der Waals surface area (Å²) in [6, 6.07) is 6.69. The molecular weight excluding hydrogens is 560 g/mol. The molecular formula is C34H48N4O4S. The molecule has 3 amide bonds. The fraction of sp³-hybridized carbons (Fsp3) is 0.618. The van der Waals surface area contributed by atoms with E-state index in [1.807, 2.05) is 49.1 Å². The Balaban J connectivity index is 1.63. The van der Waals surface area contributed by atoms with Gasteiger partial charge in [0.25, 0.3) is 5.91 Å². The third-order valence-electron chi connectivity index (χ3n) is 10.2. The minimum Gasteiger partial charge on any atom is -0.394 e. The van der Waals surface area contributed by atoms with E-state index in [9.17, 15) is 19.5 Å². The van der Waals surface area contributed by atoms with Crippen LogP contribution in [0.2, 0.25) is 0 Å². The van der Waals surface area contributed by atoms with E-state index in [1.165, 1.54) is 0 Å². The zero-order valence-corrected chi connectivity index (χ0v) is 27.3. The molecule has 7 atom stereocenters. The quantitative estimate of drug-likeness (QED) is 0.398. The predicted octanol–water partition coefficient (Wildman–Crippen LogP) is 4.34. The largest absolute Gasteiger partial charge is 0.394 e. The Morgan fingerprint density at radius 3 is 2.23 bits per heavy atom. The van der Waals surface area contributed by atoms with Gasteiger partial charge in [-0.05, 0) is 57.4 Å². The number of carbonyl (C=O) groups excluding carboxylic acids is 3. The highest BCUT2D eigenvalue weighted by molar-refractivity contribution is 8.02. The molecule has 5 rings (SSSR count). The Hall–Kier alpha value is -2.78. The van der Waals surface area contributed by atoms with Crippen LogP contribution in [0.3, 0.4) is 0 Å². The number of thioether (sulfide) groups is 1. The fourth-order valence-corrected chi connectivity index (χ4v) is 9.96. The summed E-state index contributed by atoms with van der Waals surface area (Å²) in [4.78, 5) is 51.5. The molecule has 1 aromatic carbocycles. The molecule has 4 aliphatic heterocycles. The Kier molecular flexibility index (Phi) is 9.06. The first-order valence-corrected chi connectivity index (χ1v) is 16.9. The highest BCUT2D eigenvalue weighted by Gasteiger charge is 2.74. The molecule has 1 aromatic rings. The van der Waals surface area contributed by atoms with E-state index in [0.29, 0.717) is 19.6 Å². The second-order valence-electron chi connectivity index (χ2n) is 12.6. The smallest absolute Gasteiger partial charge is 0.251 e. The van der Waals surface area contributed by atoms with Gasteiger partial charge in [0.1, 0.15) is 6.04 Å². The van der Waals surface area contributed by atoms with Crippen molar-refractivity contribution >= 4 is 40.9 Å². The Morgan fingerprint density at radius 2 is 1.63 bits per heavy atom. The molecule has 2 saturated heterocycles. The third kappa shape index (κ3) is 5.00. The highest BCUT2D eigenvalue weighted by Crippen LogP contribution is 2.66. The number of rotatable bonds is 10. The van der Waals surface area contributed by atoms with Crippen molar-refractivity contribution in [1.82, 2.24) is 9.80 Å². The van der Waals surface area contributed by atoms with Gasteiger partial charge in [-0.2, -0.15) is 0 Å². The van der Waals surface area contributed by atoms with E-state index >= 15 is 0 Å². The van der Waals surface area contributed by atoms with Crippen molar-refractivity contribution in [3.63, 3.8) is 0 Å². The molecule has 0 bridgehead atoms. The number of hydrogen-bond acceptors (Lipinski definition) is 6. The number of nitrogens with zero attached hydrogens (tertiary/aromatic N) is 4.